The Morgan fingerprint density at radius 3 is 2.47 bits per heavy atom. The summed E-state index contributed by atoms with van der Waals surface area (Å²) < 4.78 is 13.0. The topological polar surface area (TPSA) is 61.2 Å². The molecule has 2 heterocycles. The van der Waals surface area contributed by atoms with Gasteiger partial charge in [-0.05, 0) is 40.6 Å². The van der Waals surface area contributed by atoms with E-state index in [2.05, 4.69) is 63.4 Å². The third-order valence-electron chi connectivity index (χ3n) is 5.69. The molecule has 0 fully saturated rings. The van der Waals surface area contributed by atoms with Crippen molar-refractivity contribution < 1.29 is 9.47 Å². The minimum Gasteiger partial charge on any atom is -0.493 e. The molecule has 2 aromatic heterocycles. The van der Waals surface area contributed by atoms with Crippen molar-refractivity contribution >= 4 is 27.8 Å². The SMILES string of the molecule is CNc1nc2cnc(-c3ccc4ccccc4c3)cc2n1Cc1ccc(OC)c(OC)c1. The maximum Gasteiger partial charge on any atom is 0.203 e. The molecule has 0 aliphatic heterocycles. The largest absolute Gasteiger partial charge is 0.493 e. The van der Waals surface area contributed by atoms with Gasteiger partial charge in [0.15, 0.2) is 11.5 Å². The number of methoxy groups -OCH3 is 2. The molecule has 0 amide bonds. The lowest BCUT2D eigenvalue weighted by Crippen LogP contribution is -2.05. The van der Waals surface area contributed by atoms with E-state index in [9.17, 15) is 0 Å². The van der Waals surface area contributed by atoms with Crippen LogP contribution in [-0.4, -0.2) is 35.8 Å². The van der Waals surface area contributed by atoms with Gasteiger partial charge in [0, 0.05) is 12.6 Å². The lowest BCUT2D eigenvalue weighted by atomic mass is 10.0. The van der Waals surface area contributed by atoms with Gasteiger partial charge in [-0.25, -0.2) is 4.98 Å². The first-order valence-corrected chi connectivity index (χ1v) is 10.4. The van der Waals surface area contributed by atoms with Gasteiger partial charge in [0.1, 0.15) is 5.52 Å². The van der Waals surface area contributed by atoms with Gasteiger partial charge in [0.2, 0.25) is 5.95 Å². The van der Waals surface area contributed by atoms with Gasteiger partial charge in [0.05, 0.1) is 38.2 Å². The van der Waals surface area contributed by atoms with Crippen molar-refractivity contribution in [3.63, 3.8) is 0 Å². The second-order valence-corrected chi connectivity index (χ2v) is 7.58. The number of nitrogens with zero attached hydrogens (tertiary/aromatic N) is 3. The maximum absolute atomic E-state index is 5.48. The monoisotopic (exact) mass is 424 g/mol. The van der Waals surface area contributed by atoms with E-state index in [-0.39, 0.29) is 0 Å². The van der Waals surface area contributed by atoms with Gasteiger partial charge in [-0.3, -0.25) is 4.98 Å². The van der Waals surface area contributed by atoms with Crippen molar-refractivity contribution in [1.82, 2.24) is 14.5 Å². The van der Waals surface area contributed by atoms with Gasteiger partial charge in [-0.15, -0.1) is 0 Å². The zero-order chi connectivity index (χ0) is 22.1. The fourth-order valence-electron chi connectivity index (χ4n) is 4.05. The molecule has 1 N–H and O–H groups in total. The first-order chi connectivity index (χ1) is 15.7. The van der Waals surface area contributed by atoms with Crippen molar-refractivity contribution in [3.05, 3.63) is 78.5 Å². The predicted octanol–water partition coefficient (Wildman–Crippen LogP) is 5.36. The summed E-state index contributed by atoms with van der Waals surface area (Å²) in [7, 11) is 5.17. The van der Waals surface area contributed by atoms with Crippen molar-refractivity contribution in [2.45, 2.75) is 6.54 Å². The fraction of sp³-hybridized carbons (Fsp3) is 0.154. The summed E-state index contributed by atoms with van der Waals surface area (Å²) in [6.45, 7) is 0.633. The number of rotatable bonds is 6. The summed E-state index contributed by atoms with van der Waals surface area (Å²) in [5.41, 5.74) is 4.94. The van der Waals surface area contributed by atoms with Crippen molar-refractivity contribution in [3.8, 4) is 22.8 Å². The molecule has 0 spiro atoms. The highest BCUT2D eigenvalue weighted by Crippen LogP contribution is 2.30. The van der Waals surface area contributed by atoms with Crippen LogP contribution in [0.2, 0.25) is 0 Å². The number of fused-ring (bicyclic) bond motifs is 2. The van der Waals surface area contributed by atoms with Gasteiger partial charge in [0.25, 0.3) is 0 Å². The summed E-state index contributed by atoms with van der Waals surface area (Å²) in [5.74, 6) is 2.20. The summed E-state index contributed by atoms with van der Waals surface area (Å²) in [6.07, 6.45) is 1.84. The molecule has 32 heavy (non-hydrogen) atoms. The summed E-state index contributed by atoms with van der Waals surface area (Å²) in [6, 6.07) is 22.8. The molecule has 6 nitrogen and oxygen atoms in total. The Balaban J connectivity index is 1.59. The average Bonchev–Trinajstić information content (AvgIpc) is 3.20. The van der Waals surface area contributed by atoms with Crippen LogP contribution in [0.3, 0.4) is 0 Å². The standard InChI is InChI=1S/C26H24N4O2/c1-27-26-29-22-15-28-21(20-10-9-18-6-4-5-7-19(18)13-20)14-23(22)30(26)16-17-8-11-24(31-2)25(12-17)32-3/h4-15H,16H2,1-3H3,(H,27,29). The second kappa shape index (κ2) is 8.23. The van der Waals surface area contributed by atoms with Gasteiger partial charge in [-0.2, -0.15) is 0 Å². The molecule has 0 saturated carbocycles. The Morgan fingerprint density at radius 2 is 1.69 bits per heavy atom. The van der Waals surface area contributed by atoms with E-state index in [0.29, 0.717) is 18.0 Å². The molecular weight excluding hydrogens is 400 g/mol. The molecule has 0 aliphatic rings. The van der Waals surface area contributed by atoms with Crippen molar-refractivity contribution in [1.29, 1.82) is 0 Å². The van der Waals surface area contributed by atoms with Crippen LogP contribution in [0.1, 0.15) is 5.56 Å². The highest BCUT2D eigenvalue weighted by Gasteiger charge is 2.14. The third kappa shape index (κ3) is 3.50. The number of ether oxygens (including phenoxy) is 2. The quantitative estimate of drug-likeness (QED) is 0.398. The molecule has 5 aromatic rings. The van der Waals surface area contributed by atoms with E-state index in [0.717, 1.165) is 33.8 Å². The van der Waals surface area contributed by atoms with Crippen LogP contribution in [0.5, 0.6) is 11.5 Å². The van der Waals surface area contributed by atoms with E-state index in [1.165, 1.54) is 10.8 Å². The predicted molar refractivity (Wildman–Crippen MR) is 129 cm³/mol. The van der Waals surface area contributed by atoms with Gasteiger partial charge < -0.3 is 19.4 Å². The fourth-order valence-corrected chi connectivity index (χ4v) is 4.05. The molecule has 0 unspecified atom stereocenters. The Hall–Kier alpha value is -4.06. The van der Waals surface area contributed by atoms with E-state index in [1.54, 1.807) is 14.2 Å². The number of hydrogen-bond donors (Lipinski definition) is 1. The van der Waals surface area contributed by atoms with Crippen LogP contribution in [0.25, 0.3) is 33.1 Å². The summed E-state index contributed by atoms with van der Waals surface area (Å²) in [4.78, 5) is 9.41. The molecule has 0 aliphatic carbocycles. The lowest BCUT2D eigenvalue weighted by Gasteiger charge is -2.12. The van der Waals surface area contributed by atoms with Gasteiger partial charge >= 0.3 is 0 Å². The highest BCUT2D eigenvalue weighted by atomic mass is 16.5. The molecule has 160 valence electrons. The first kappa shape index (κ1) is 19.9. The molecule has 3 aromatic carbocycles. The van der Waals surface area contributed by atoms with E-state index in [1.807, 2.05) is 31.4 Å². The van der Waals surface area contributed by atoms with Crippen LogP contribution < -0.4 is 14.8 Å². The van der Waals surface area contributed by atoms with E-state index < -0.39 is 0 Å². The second-order valence-electron chi connectivity index (χ2n) is 7.58. The number of imidazole rings is 1. The number of benzene rings is 3. The van der Waals surface area contributed by atoms with Crippen LogP contribution in [-0.2, 0) is 6.54 Å². The molecule has 0 bridgehead atoms. The molecule has 6 heteroatoms. The molecule has 0 atom stereocenters. The number of aromatic nitrogens is 3. The maximum atomic E-state index is 5.48. The number of nitrogens with one attached hydrogen (secondary N) is 1. The third-order valence-corrected chi connectivity index (χ3v) is 5.69. The minimum atomic E-state index is 0.633. The molecule has 0 saturated heterocycles. The van der Waals surface area contributed by atoms with Crippen LogP contribution >= 0.6 is 0 Å². The molecular formula is C26H24N4O2. The van der Waals surface area contributed by atoms with Gasteiger partial charge in [-0.1, -0.05) is 42.5 Å². The molecule has 0 radical (unpaired) electrons. The zero-order valence-electron chi connectivity index (χ0n) is 18.3. The zero-order valence-corrected chi connectivity index (χ0v) is 18.3. The lowest BCUT2D eigenvalue weighted by molar-refractivity contribution is 0.354. The minimum absolute atomic E-state index is 0.633. The Bertz CT molecular complexity index is 1420. The molecule has 5 rings (SSSR count). The van der Waals surface area contributed by atoms with Crippen molar-refractivity contribution in [2.75, 3.05) is 26.6 Å². The summed E-state index contributed by atoms with van der Waals surface area (Å²) in [5, 5.41) is 5.62. The van der Waals surface area contributed by atoms with Crippen LogP contribution in [0, 0.1) is 0 Å². The Kier molecular flexibility index (Phi) is 5.11. The Morgan fingerprint density at radius 1 is 0.875 bits per heavy atom. The Labute approximate surface area is 186 Å². The number of hydrogen-bond acceptors (Lipinski definition) is 5. The van der Waals surface area contributed by atoms with Crippen LogP contribution in [0.15, 0.2) is 72.9 Å². The highest BCUT2D eigenvalue weighted by molar-refractivity contribution is 5.88. The van der Waals surface area contributed by atoms with Crippen LogP contribution in [0.4, 0.5) is 5.95 Å². The smallest absolute Gasteiger partial charge is 0.203 e. The summed E-state index contributed by atoms with van der Waals surface area (Å²) >= 11 is 0. The number of pyridine rings is 1. The van der Waals surface area contributed by atoms with Crippen molar-refractivity contribution in [2.24, 2.45) is 0 Å². The van der Waals surface area contributed by atoms with E-state index >= 15 is 0 Å². The first-order valence-electron chi connectivity index (χ1n) is 10.4. The number of anilines is 1. The average molecular weight is 425 g/mol. The normalized spacial score (nSPS) is 11.1. The van der Waals surface area contributed by atoms with E-state index in [4.69, 9.17) is 14.5 Å².